The summed E-state index contributed by atoms with van der Waals surface area (Å²) in [6.07, 6.45) is 3.37. The molecule has 7 heteroatoms. The first-order valence-corrected chi connectivity index (χ1v) is 9.74. The molecule has 5 nitrogen and oxygen atoms in total. The second-order valence-electron chi connectivity index (χ2n) is 5.25. The van der Waals surface area contributed by atoms with E-state index in [1.807, 2.05) is 0 Å². The minimum absolute atomic E-state index is 0.0460. The number of rotatable bonds is 4. The lowest BCUT2D eigenvalue weighted by Gasteiger charge is -2.24. The molecule has 0 aromatic heterocycles. The Morgan fingerprint density at radius 2 is 1.79 bits per heavy atom. The summed E-state index contributed by atoms with van der Waals surface area (Å²) in [7, 11) is -2.84. The topological polar surface area (TPSA) is 75.3 Å². The molecule has 2 heterocycles. The van der Waals surface area contributed by atoms with Crippen LogP contribution in [0.3, 0.4) is 0 Å². The summed E-state index contributed by atoms with van der Waals surface area (Å²) in [6.45, 7) is 2.08. The highest BCUT2D eigenvalue weighted by atomic mass is 32.2. The summed E-state index contributed by atoms with van der Waals surface area (Å²) in [4.78, 5) is 11.8. The van der Waals surface area contributed by atoms with E-state index in [-0.39, 0.29) is 23.5 Å². The van der Waals surface area contributed by atoms with Gasteiger partial charge in [-0.25, -0.2) is 8.42 Å². The quantitative estimate of drug-likeness (QED) is 0.774. The molecule has 2 fully saturated rings. The molecule has 0 unspecified atom stereocenters. The number of thioether (sulfide) groups is 1. The number of carbonyl (C=O) groups is 1. The Balaban J connectivity index is 1.64. The van der Waals surface area contributed by atoms with E-state index in [4.69, 9.17) is 0 Å². The van der Waals surface area contributed by atoms with Gasteiger partial charge in [0.15, 0.2) is 0 Å². The van der Waals surface area contributed by atoms with E-state index in [0.717, 1.165) is 25.9 Å². The molecule has 2 aliphatic heterocycles. The van der Waals surface area contributed by atoms with Crippen molar-refractivity contribution in [3.63, 3.8) is 0 Å². The van der Waals surface area contributed by atoms with Gasteiger partial charge in [-0.3, -0.25) is 4.79 Å². The third kappa shape index (κ3) is 5.31. The van der Waals surface area contributed by atoms with Crippen LogP contribution < -0.4 is 10.6 Å². The average Bonchev–Trinajstić information content (AvgIpc) is 2.40. The molecule has 0 saturated carbocycles. The number of hydrogen-bond donors (Lipinski definition) is 2. The summed E-state index contributed by atoms with van der Waals surface area (Å²) < 4.78 is 22.6. The molecular weight excluding hydrogens is 284 g/mol. The SMILES string of the molecule is O=C(CSC1CCNCC1)NC1CCS(=O)(=O)CC1. The van der Waals surface area contributed by atoms with Crippen LogP contribution in [0.5, 0.6) is 0 Å². The summed E-state index contributed by atoms with van der Waals surface area (Å²) in [5.41, 5.74) is 0. The molecule has 0 radical (unpaired) electrons. The van der Waals surface area contributed by atoms with Crippen molar-refractivity contribution in [3.05, 3.63) is 0 Å². The van der Waals surface area contributed by atoms with Gasteiger partial charge in [0.25, 0.3) is 0 Å². The highest BCUT2D eigenvalue weighted by molar-refractivity contribution is 8.00. The highest BCUT2D eigenvalue weighted by Crippen LogP contribution is 2.20. The van der Waals surface area contributed by atoms with E-state index >= 15 is 0 Å². The van der Waals surface area contributed by atoms with Crippen LogP contribution in [0.25, 0.3) is 0 Å². The number of hydrogen-bond acceptors (Lipinski definition) is 5. The lowest BCUT2D eigenvalue weighted by atomic mass is 10.1. The Hall–Kier alpha value is -0.270. The second-order valence-corrected chi connectivity index (χ2v) is 8.85. The molecule has 2 saturated heterocycles. The summed E-state index contributed by atoms with van der Waals surface area (Å²) in [6, 6.07) is 0.0460. The van der Waals surface area contributed by atoms with Crippen LogP contribution in [0.2, 0.25) is 0 Å². The molecule has 110 valence electrons. The van der Waals surface area contributed by atoms with Crippen molar-refractivity contribution in [2.45, 2.75) is 37.0 Å². The van der Waals surface area contributed by atoms with Crippen LogP contribution in [0.15, 0.2) is 0 Å². The third-order valence-corrected chi connectivity index (χ3v) is 6.74. The summed E-state index contributed by atoms with van der Waals surface area (Å²) in [5.74, 6) is 0.958. The van der Waals surface area contributed by atoms with Crippen LogP contribution in [0.1, 0.15) is 25.7 Å². The van der Waals surface area contributed by atoms with Crippen molar-refractivity contribution >= 4 is 27.5 Å². The second kappa shape index (κ2) is 6.95. The van der Waals surface area contributed by atoms with Crippen LogP contribution in [0.4, 0.5) is 0 Å². The number of piperidine rings is 1. The Kier molecular flexibility index (Phi) is 5.53. The van der Waals surface area contributed by atoms with Crippen molar-refractivity contribution < 1.29 is 13.2 Å². The molecule has 2 N–H and O–H groups in total. The zero-order valence-electron chi connectivity index (χ0n) is 11.1. The Bertz CT molecular complexity index is 391. The first-order chi connectivity index (χ1) is 9.05. The maximum Gasteiger partial charge on any atom is 0.230 e. The lowest BCUT2D eigenvalue weighted by Crippen LogP contribution is -2.42. The molecule has 0 spiro atoms. The molecule has 0 aliphatic carbocycles. The molecule has 0 bridgehead atoms. The van der Waals surface area contributed by atoms with Crippen molar-refractivity contribution in [2.75, 3.05) is 30.3 Å². The largest absolute Gasteiger partial charge is 0.353 e. The van der Waals surface area contributed by atoms with Crippen molar-refractivity contribution in [1.82, 2.24) is 10.6 Å². The summed E-state index contributed by atoms with van der Waals surface area (Å²) >= 11 is 1.72. The fourth-order valence-corrected chi connectivity index (χ4v) is 4.99. The van der Waals surface area contributed by atoms with E-state index in [1.54, 1.807) is 11.8 Å². The fourth-order valence-electron chi connectivity index (χ4n) is 2.46. The van der Waals surface area contributed by atoms with Gasteiger partial charge in [-0.05, 0) is 38.8 Å². The molecule has 1 amide bonds. The average molecular weight is 306 g/mol. The monoisotopic (exact) mass is 306 g/mol. The molecule has 0 atom stereocenters. The van der Waals surface area contributed by atoms with Crippen molar-refractivity contribution in [2.24, 2.45) is 0 Å². The predicted molar refractivity (Wildman–Crippen MR) is 78.2 cm³/mol. The Morgan fingerprint density at radius 3 is 2.42 bits per heavy atom. The normalized spacial score (nSPS) is 25.1. The van der Waals surface area contributed by atoms with Gasteiger partial charge < -0.3 is 10.6 Å². The molecule has 0 aromatic rings. The predicted octanol–water partition coefficient (Wildman–Crippen LogP) is 0.165. The van der Waals surface area contributed by atoms with Gasteiger partial charge in [0.05, 0.1) is 17.3 Å². The number of amides is 1. The van der Waals surface area contributed by atoms with Gasteiger partial charge in [0.1, 0.15) is 9.84 Å². The molecule has 19 heavy (non-hydrogen) atoms. The maximum absolute atomic E-state index is 11.8. The number of nitrogens with one attached hydrogen (secondary N) is 2. The maximum atomic E-state index is 11.8. The number of sulfone groups is 1. The van der Waals surface area contributed by atoms with Crippen LogP contribution in [-0.4, -0.2) is 56.0 Å². The zero-order chi connectivity index (χ0) is 13.7. The van der Waals surface area contributed by atoms with Crippen LogP contribution in [0, 0.1) is 0 Å². The Labute approximate surface area is 119 Å². The van der Waals surface area contributed by atoms with Crippen LogP contribution >= 0.6 is 11.8 Å². The van der Waals surface area contributed by atoms with E-state index in [0.29, 0.717) is 23.8 Å². The smallest absolute Gasteiger partial charge is 0.230 e. The van der Waals surface area contributed by atoms with Gasteiger partial charge in [-0.1, -0.05) is 0 Å². The summed E-state index contributed by atoms with van der Waals surface area (Å²) in [5, 5.41) is 6.84. The number of carbonyl (C=O) groups excluding carboxylic acids is 1. The minimum atomic E-state index is -2.84. The van der Waals surface area contributed by atoms with Crippen molar-refractivity contribution in [1.29, 1.82) is 0 Å². The Morgan fingerprint density at radius 1 is 1.16 bits per heavy atom. The van der Waals surface area contributed by atoms with Gasteiger partial charge in [0, 0.05) is 11.3 Å². The first kappa shape index (κ1) is 15.1. The molecular formula is C12H22N2O3S2. The van der Waals surface area contributed by atoms with Gasteiger partial charge >= 0.3 is 0 Å². The molecule has 2 aliphatic rings. The fraction of sp³-hybridized carbons (Fsp3) is 0.917. The molecule has 2 rings (SSSR count). The van der Waals surface area contributed by atoms with Gasteiger partial charge in [0.2, 0.25) is 5.91 Å². The highest BCUT2D eigenvalue weighted by Gasteiger charge is 2.24. The lowest BCUT2D eigenvalue weighted by molar-refractivity contribution is -0.119. The van der Waals surface area contributed by atoms with E-state index in [1.165, 1.54) is 0 Å². The standard InChI is InChI=1S/C12H22N2O3S2/c15-12(9-18-11-1-5-13-6-2-11)14-10-3-7-19(16,17)8-4-10/h10-11,13H,1-9H2,(H,14,15). The molecule has 0 aromatic carbocycles. The van der Waals surface area contributed by atoms with E-state index in [2.05, 4.69) is 10.6 Å². The van der Waals surface area contributed by atoms with Crippen LogP contribution in [-0.2, 0) is 14.6 Å². The van der Waals surface area contributed by atoms with Crippen molar-refractivity contribution in [3.8, 4) is 0 Å². The van der Waals surface area contributed by atoms with E-state index < -0.39 is 9.84 Å². The van der Waals surface area contributed by atoms with Gasteiger partial charge in [-0.15, -0.1) is 11.8 Å². The van der Waals surface area contributed by atoms with Gasteiger partial charge in [-0.2, -0.15) is 0 Å². The third-order valence-electron chi connectivity index (χ3n) is 3.66. The minimum Gasteiger partial charge on any atom is -0.353 e. The van der Waals surface area contributed by atoms with E-state index in [9.17, 15) is 13.2 Å². The zero-order valence-corrected chi connectivity index (χ0v) is 12.7. The first-order valence-electron chi connectivity index (χ1n) is 6.87.